The molecule has 96 valence electrons. The maximum atomic E-state index is 6.42. The molecule has 3 aliphatic carbocycles. The largest absolute Gasteiger partial charge is 0.310 e. The smallest absolute Gasteiger partial charge is 0.129 e. The van der Waals surface area contributed by atoms with Crippen LogP contribution in [-0.4, -0.2) is 10.4 Å². The summed E-state index contributed by atoms with van der Waals surface area (Å²) in [5.41, 5.74) is 4.41. The molecule has 1 atom stereocenters. The van der Waals surface area contributed by atoms with Crippen LogP contribution in [0.3, 0.4) is 0 Å². The second-order valence-electron chi connectivity index (χ2n) is 6.07. The number of hydrogen-bond donors (Lipinski definition) is 1. The second-order valence-corrected chi connectivity index (χ2v) is 7.55. The SMILES string of the molecule is ClC1(Cl)CC12CCc1cccc(CNC3CC3)c12. The van der Waals surface area contributed by atoms with Crippen LogP contribution in [0.5, 0.6) is 0 Å². The molecule has 1 N–H and O–H groups in total. The molecule has 2 saturated carbocycles. The Labute approximate surface area is 118 Å². The summed E-state index contributed by atoms with van der Waals surface area (Å²) in [7, 11) is 0. The molecule has 0 amide bonds. The Morgan fingerprint density at radius 3 is 2.72 bits per heavy atom. The molecule has 1 aromatic rings. The van der Waals surface area contributed by atoms with Gasteiger partial charge in [0.1, 0.15) is 4.33 Å². The van der Waals surface area contributed by atoms with Gasteiger partial charge in [0.25, 0.3) is 0 Å². The van der Waals surface area contributed by atoms with Crippen molar-refractivity contribution in [1.82, 2.24) is 5.32 Å². The van der Waals surface area contributed by atoms with Gasteiger partial charge in [-0.05, 0) is 48.8 Å². The zero-order chi connectivity index (χ0) is 12.4. The van der Waals surface area contributed by atoms with Crippen molar-refractivity contribution in [2.24, 2.45) is 0 Å². The lowest BCUT2D eigenvalue weighted by atomic mass is 9.93. The Kier molecular flexibility index (Phi) is 2.35. The van der Waals surface area contributed by atoms with Crippen LogP contribution >= 0.6 is 23.2 Å². The van der Waals surface area contributed by atoms with Gasteiger partial charge in [0.15, 0.2) is 0 Å². The first kappa shape index (κ1) is 11.6. The van der Waals surface area contributed by atoms with E-state index >= 15 is 0 Å². The van der Waals surface area contributed by atoms with E-state index in [-0.39, 0.29) is 5.41 Å². The topological polar surface area (TPSA) is 12.0 Å². The number of alkyl halides is 2. The summed E-state index contributed by atoms with van der Waals surface area (Å²) < 4.78 is -0.520. The molecule has 0 aromatic heterocycles. The molecular weight excluding hydrogens is 265 g/mol. The van der Waals surface area contributed by atoms with E-state index in [9.17, 15) is 0 Å². The Morgan fingerprint density at radius 1 is 1.28 bits per heavy atom. The van der Waals surface area contributed by atoms with Crippen LogP contribution in [0.15, 0.2) is 18.2 Å². The lowest BCUT2D eigenvalue weighted by Crippen LogP contribution is -2.20. The fourth-order valence-electron chi connectivity index (χ4n) is 3.52. The summed E-state index contributed by atoms with van der Waals surface area (Å²) in [4.78, 5) is 0. The molecule has 0 bridgehead atoms. The van der Waals surface area contributed by atoms with Crippen molar-refractivity contribution in [2.45, 2.75) is 54.4 Å². The third-order valence-corrected chi connectivity index (χ3v) is 5.78. The Bertz CT molecular complexity index is 507. The highest BCUT2D eigenvalue weighted by Gasteiger charge is 2.69. The number of fused-ring (bicyclic) bond motifs is 2. The molecule has 18 heavy (non-hydrogen) atoms. The lowest BCUT2D eigenvalue weighted by molar-refractivity contribution is 0.642. The van der Waals surface area contributed by atoms with Gasteiger partial charge in [0.2, 0.25) is 0 Å². The molecule has 1 nitrogen and oxygen atoms in total. The maximum Gasteiger partial charge on any atom is 0.129 e. The van der Waals surface area contributed by atoms with E-state index in [1.165, 1.54) is 29.5 Å². The van der Waals surface area contributed by atoms with Gasteiger partial charge in [0.05, 0.1) is 0 Å². The molecule has 0 radical (unpaired) electrons. The third-order valence-electron chi connectivity index (χ3n) is 4.79. The van der Waals surface area contributed by atoms with Gasteiger partial charge in [0, 0.05) is 18.0 Å². The van der Waals surface area contributed by atoms with E-state index in [1.807, 2.05) is 0 Å². The van der Waals surface area contributed by atoms with Crippen molar-refractivity contribution in [3.63, 3.8) is 0 Å². The van der Waals surface area contributed by atoms with Crippen molar-refractivity contribution >= 4 is 23.2 Å². The van der Waals surface area contributed by atoms with Gasteiger partial charge >= 0.3 is 0 Å². The van der Waals surface area contributed by atoms with Crippen LogP contribution in [-0.2, 0) is 18.4 Å². The number of aryl methyl sites for hydroxylation is 1. The molecule has 0 saturated heterocycles. The molecule has 2 fully saturated rings. The first-order valence-electron chi connectivity index (χ1n) is 6.85. The summed E-state index contributed by atoms with van der Waals surface area (Å²) in [5, 5.41) is 3.61. The van der Waals surface area contributed by atoms with Crippen LogP contribution in [0, 0.1) is 0 Å². The molecule has 0 aliphatic heterocycles. The van der Waals surface area contributed by atoms with E-state index in [0.717, 1.165) is 31.8 Å². The van der Waals surface area contributed by atoms with Crippen molar-refractivity contribution in [3.8, 4) is 0 Å². The van der Waals surface area contributed by atoms with Gasteiger partial charge in [-0.2, -0.15) is 0 Å². The van der Waals surface area contributed by atoms with Gasteiger partial charge in [-0.25, -0.2) is 0 Å². The van der Waals surface area contributed by atoms with E-state index in [0.29, 0.717) is 0 Å². The number of rotatable bonds is 3. The second kappa shape index (κ2) is 3.65. The van der Waals surface area contributed by atoms with Gasteiger partial charge < -0.3 is 5.32 Å². The predicted octanol–water partition coefficient (Wildman–Crippen LogP) is 3.70. The van der Waals surface area contributed by atoms with Crippen molar-refractivity contribution in [2.75, 3.05) is 0 Å². The molecule has 1 spiro atoms. The van der Waals surface area contributed by atoms with Crippen LogP contribution in [0.25, 0.3) is 0 Å². The monoisotopic (exact) mass is 281 g/mol. The average Bonchev–Trinajstić information content (AvgIpc) is 3.20. The van der Waals surface area contributed by atoms with E-state index in [2.05, 4.69) is 23.5 Å². The molecular formula is C15H17Cl2N. The van der Waals surface area contributed by atoms with Gasteiger partial charge in [-0.3, -0.25) is 0 Å². The first-order valence-corrected chi connectivity index (χ1v) is 7.60. The maximum absolute atomic E-state index is 6.42. The normalized spacial score (nSPS) is 31.7. The van der Waals surface area contributed by atoms with Crippen LogP contribution < -0.4 is 5.32 Å². The average molecular weight is 282 g/mol. The zero-order valence-corrected chi connectivity index (χ0v) is 11.8. The Morgan fingerprint density at radius 2 is 2.06 bits per heavy atom. The lowest BCUT2D eigenvalue weighted by Gasteiger charge is -2.17. The highest BCUT2D eigenvalue weighted by molar-refractivity contribution is 6.52. The van der Waals surface area contributed by atoms with Gasteiger partial charge in [-0.1, -0.05) is 18.2 Å². The Hall–Kier alpha value is -0.240. The number of hydrogen-bond acceptors (Lipinski definition) is 1. The molecule has 3 aliphatic rings. The minimum Gasteiger partial charge on any atom is -0.310 e. The van der Waals surface area contributed by atoms with Crippen LogP contribution in [0.2, 0.25) is 0 Å². The number of benzene rings is 1. The summed E-state index contributed by atoms with van der Waals surface area (Å²) in [6.45, 7) is 0.972. The molecule has 3 heteroatoms. The third kappa shape index (κ3) is 1.57. The van der Waals surface area contributed by atoms with E-state index in [1.54, 1.807) is 0 Å². The fourth-order valence-corrected chi connectivity index (χ4v) is 4.35. The number of halogens is 2. The van der Waals surface area contributed by atoms with Crippen LogP contribution in [0.1, 0.15) is 42.4 Å². The molecule has 0 heterocycles. The van der Waals surface area contributed by atoms with E-state index < -0.39 is 4.33 Å². The van der Waals surface area contributed by atoms with Crippen molar-refractivity contribution in [3.05, 3.63) is 34.9 Å². The highest BCUT2D eigenvalue weighted by atomic mass is 35.5. The van der Waals surface area contributed by atoms with E-state index in [4.69, 9.17) is 23.2 Å². The van der Waals surface area contributed by atoms with Gasteiger partial charge in [-0.15, -0.1) is 23.2 Å². The summed E-state index contributed by atoms with van der Waals surface area (Å²) in [6.07, 6.45) is 5.84. The minimum absolute atomic E-state index is 0.0628. The van der Waals surface area contributed by atoms with Crippen molar-refractivity contribution < 1.29 is 0 Å². The van der Waals surface area contributed by atoms with Crippen LogP contribution in [0.4, 0.5) is 0 Å². The molecule has 1 unspecified atom stereocenters. The summed E-state index contributed by atoms with van der Waals surface area (Å²) >= 11 is 12.8. The quantitative estimate of drug-likeness (QED) is 0.833. The summed E-state index contributed by atoms with van der Waals surface area (Å²) in [5.74, 6) is 0. The first-order chi connectivity index (χ1) is 8.62. The molecule has 1 aromatic carbocycles. The number of nitrogens with one attached hydrogen (secondary N) is 1. The van der Waals surface area contributed by atoms with Crippen molar-refractivity contribution in [1.29, 1.82) is 0 Å². The predicted molar refractivity (Wildman–Crippen MR) is 75.4 cm³/mol. The fraction of sp³-hybridized carbons (Fsp3) is 0.600. The minimum atomic E-state index is -0.520. The standard InChI is InChI=1S/C15H17Cl2N/c16-15(17)9-14(15)7-6-10-2-1-3-11(13(10)14)8-18-12-4-5-12/h1-3,12,18H,4-9H2. The molecule has 4 rings (SSSR count). The summed E-state index contributed by atoms with van der Waals surface area (Å²) in [6, 6.07) is 7.40. The Balaban J connectivity index is 1.70. The zero-order valence-electron chi connectivity index (χ0n) is 10.3. The highest BCUT2D eigenvalue weighted by Crippen LogP contribution is 2.70.